The van der Waals surface area contributed by atoms with Gasteiger partial charge in [-0.25, -0.2) is 0 Å². The summed E-state index contributed by atoms with van der Waals surface area (Å²) >= 11 is 0. The van der Waals surface area contributed by atoms with Crippen LogP contribution >= 0.6 is 0 Å². The van der Waals surface area contributed by atoms with Crippen molar-refractivity contribution in [3.63, 3.8) is 0 Å². The molecule has 1 nitrogen and oxygen atoms in total. The Labute approximate surface area is 50.9 Å². The predicted octanol–water partition coefficient (Wildman–Crippen LogP) is 1.67. The molecule has 0 fully saturated rings. The van der Waals surface area contributed by atoms with E-state index in [1.165, 1.54) is 0 Å². The molecular weight excluding hydrogens is 98.1 g/mol. The highest BCUT2D eigenvalue weighted by Gasteiger charge is 1.88. The Bertz CT molecular complexity index is 84.4. The fourth-order valence-electron chi connectivity index (χ4n) is 0.531. The summed E-state index contributed by atoms with van der Waals surface area (Å²) in [5.41, 5.74) is 5.14. The van der Waals surface area contributed by atoms with Crippen LogP contribution in [0, 0.1) is 5.92 Å². The van der Waals surface area contributed by atoms with Gasteiger partial charge in [0.15, 0.2) is 0 Å². The maximum absolute atomic E-state index is 5.14. The minimum Gasteiger partial charge on any atom is -0.405 e. The van der Waals surface area contributed by atoms with Crippen LogP contribution in [0.25, 0.3) is 0 Å². The first-order valence-electron chi connectivity index (χ1n) is 2.80. The second-order valence-corrected chi connectivity index (χ2v) is 1.89. The number of allylic oxidation sites excluding steroid dienone is 2. The Morgan fingerprint density at radius 2 is 2.38 bits per heavy atom. The normalized spacial score (nSPS) is 14.1. The Morgan fingerprint density at radius 3 is 2.75 bits per heavy atom. The molecule has 0 saturated carbocycles. The molecule has 0 spiro atoms. The van der Waals surface area contributed by atoms with Gasteiger partial charge in [0.1, 0.15) is 0 Å². The zero-order valence-corrected chi connectivity index (χ0v) is 5.30. The average molecular weight is 111 g/mol. The lowest BCUT2D eigenvalue weighted by Gasteiger charge is -1.96. The molecule has 0 heterocycles. The van der Waals surface area contributed by atoms with Crippen LogP contribution in [0.2, 0.25) is 0 Å². The minimum absolute atomic E-state index is 0.539. The quantitative estimate of drug-likeness (QED) is 0.551. The van der Waals surface area contributed by atoms with Crippen LogP contribution in [0.3, 0.4) is 0 Å². The maximum Gasteiger partial charge on any atom is -0.0100 e. The largest absolute Gasteiger partial charge is 0.405 e. The van der Waals surface area contributed by atoms with E-state index in [4.69, 9.17) is 5.73 Å². The molecule has 2 N–H and O–H groups in total. The van der Waals surface area contributed by atoms with Gasteiger partial charge < -0.3 is 5.73 Å². The molecule has 0 aromatic rings. The summed E-state index contributed by atoms with van der Waals surface area (Å²) in [5, 5.41) is 0. The molecular formula is C7H13N. The molecule has 1 unspecified atom stereocenters. The molecule has 0 rings (SSSR count). The van der Waals surface area contributed by atoms with Crippen molar-refractivity contribution in [2.75, 3.05) is 0 Å². The molecule has 0 amide bonds. The van der Waals surface area contributed by atoms with Crippen LogP contribution in [-0.2, 0) is 0 Å². The van der Waals surface area contributed by atoms with Gasteiger partial charge in [-0.1, -0.05) is 19.1 Å². The van der Waals surface area contributed by atoms with Crippen molar-refractivity contribution in [3.05, 3.63) is 24.9 Å². The van der Waals surface area contributed by atoms with Gasteiger partial charge in [-0.05, 0) is 18.5 Å². The Kier molecular flexibility index (Phi) is 4.04. The molecule has 1 atom stereocenters. The molecule has 46 valence electrons. The number of hydrogen-bond donors (Lipinski definition) is 1. The first-order valence-corrected chi connectivity index (χ1v) is 2.80. The average Bonchev–Trinajstić information content (AvgIpc) is 1.68. The van der Waals surface area contributed by atoms with E-state index < -0.39 is 0 Å². The third-order valence-electron chi connectivity index (χ3n) is 0.978. The monoisotopic (exact) mass is 111 g/mol. The Morgan fingerprint density at radius 1 is 1.75 bits per heavy atom. The SMILES string of the molecule is C=CCC(C)/C=C\N. The smallest absolute Gasteiger partial charge is 0.0100 e. The highest BCUT2D eigenvalue weighted by atomic mass is 14.5. The fraction of sp³-hybridized carbons (Fsp3) is 0.429. The molecule has 8 heavy (non-hydrogen) atoms. The van der Waals surface area contributed by atoms with Gasteiger partial charge in [0, 0.05) is 0 Å². The zero-order valence-electron chi connectivity index (χ0n) is 5.30. The van der Waals surface area contributed by atoms with Crippen LogP contribution in [0.15, 0.2) is 24.9 Å². The third-order valence-corrected chi connectivity index (χ3v) is 0.978. The van der Waals surface area contributed by atoms with E-state index in [0.29, 0.717) is 5.92 Å². The Balaban J connectivity index is 3.31. The van der Waals surface area contributed by atoms with Gasteiger partial charge in [0.25, 0.3) is 0 Å². The van der Waals surface area contributed by atoms with Crippen LogP contribution < -0.4 is 5.73 Å². The predicted molar refractivity (Wildman–Crippen MR) is 37.3 cm³/mol. The van der Waals surface area contributed by atoms with Crippen molar-refractivity contribution in [2.24, 2.45) is 11.7 Å². The second kappa shape index (κ2) is 4.44. The number of rotatable bonds is 3. The maximum atomic E-state index is 5.14. The summed E-state index contributed by atoms with van der Waals surface area (Å²) in [5.74, 6) is 0.539. The number of nitrogens with two attached hydrogens (primary N) is 1. The molecule has 0 radical (unpaired) electrons. The molecule has 0 aromatic carbocycles. The lowest BCUT2D eigenvalue weighted by Crippen LogP contribution is -1.87. The highest BCUT2D eigenvalue weighted by Crippen LogP contribution is 2.01. The standard InChI is InChI=1S/C7H13N/c1-3-4-7(2)5-6-8/h3,5-7H,1,4,8H2,2H3/b6-5-. The summed E-state index contributed by atoms with van der Waals surface area (Å²) in [7, 11) is 0. The van der Waals surface area contributed by atoms with Crippen molar-refractivity contribution in [1.29, 1.82) is 0 Å². The van der Waals surface area contributed by atoms with Gasteiger partial charge in [0.2, 0.25) is 0 Å². The molecule has 0 aliphatic carbocycles. The summed E-state index contributed by atoms with van der Waals surface area (Å²) < 4.78 is 0. The molecule has 0 aliphatic heterocycles. The van der Waals surface area contributed by atoms with Crippen LogP contribution in [0.5, 0.6) is 0 Å². The molecule has 0 aromatic heterocycles. The fourth-order valence-corrected chi connectivity index (χ4v) is 0.531. The van der Waals surface area contributed by atoms with Crippen LogP contribution in [0.4, 0.5) is 0 Å². The van der Waals surface area contributed by atoms with Crippen LogP contribution in [-0.4, -0.2) is 0 Å². The van der Waals surface area contributed by atoms with Gasteiger partial charge in [-0.2, -0.15) is 0 Å². The van der Waals surface area contributed by atoms with E-state index in [1.54, 1.807) is 6.20 Å². The number of hydrogen-bond acceptors (Lipinski definition) is 1. The molecule has 0 aliphatic rings. The molecule has 0 bridgehead atoms. The summed E-state index contributed by atoms with van der Waals surface area (Å²) in [6.07, 6.45) is 6.44. The lowest BCUT2D eigenvalue weighted by molar-refractivity contribution is 0.744. The van der Waals surface area contributed by atoms with Gasteiger partial charge >= 0.3 is 0 Å². The lowest BCUT2D eigenvalue weighted by atomic mass is 10.1. The van der Waals surface area contributed by atoms with Crippen molar-refractivity contribution in [2.45, 2.75) is 13.3 Å². The highest BCUT2D eigenvalue weighted by molar-refractivity contribution is 4.86. The second-order valence-electron chi connectivity index (χ2n) is 1.89. The minimum atomic E-state index is 0.539. The van der Waals surface area contributed by atoms with Crippen LogP contribution in [0.1, 0.15) is 13.3 Å². The zero-order chi connectivity index (χ0) is 6.41. The third kappa shape index (κ3) is 3.47. The molecule has 0 saturated heterocycles. The first kappa shape index (κ1) is 7.28. The summed E-state index contributed by atoms with van der Waals surface area (Å²) in [4.78, 5) is 0. The topological polar surface area (TPSA) is 26.0 Å². The van der Waals surface area contributed by atoms with E-state index in [1.807, 2.05) is 12.2 Å². The van der Waals surface area contributed by atoms with E-state index in [-0.39, 0.29) is 0 Å². The van der Waals surface area contributed by atoms with E-state index in [9.17, 15) is 0 Å². The van der Waals surface area contributed by atoms with E-state index in [0.717, 1.165) is 6.42 Å². The van der Waals surface area contributed by atoms with Crippen molar-refractivity contribution in [1.82, 2.24) is 0 Å². The summed E-state index contributed by atoms with van der Waals surface area (Å²) in [6, 6.07) is 0. The van der Waals surface area contributed by atoms with Gasteiger partial charge in [-0.15, -0.1) is 6.58 Å². The van der Waals surface area contributed by atoms with Crippen molar-refractivity contribution in [3.8, 4) is 0 Å². The molecule has 1 heteroatoms. The van der Waals surface area contributed by atoms with E-state index >= 15 is 0 Å². The van der Waals surface area contributed by atoms with Gasteiger partial charge in [0.05, 0.1) is 0 Å². The Hall–Kier alpha value is -0.720. The summed E-state index contributed by atoms with van der Waals surface area (Å²) in [6.45, 7) is 5.71. The van der Waals surface area contributed by atoms with E-state index in [2.05, 4.69) is 13.5 Å². The van der Waals surface area contributed by atoms with Crippen molar-refractivity contribution < 1.29 is 0 Å². The first-order chi connectivity index (χ1) is 3.81. The van der Waals surface area contributed by atoms with Crippen molar-refractivity contribution >= 4 is 0 Å². The van der Waals surface area contributed by atoms with Gasteiger partial charge in [-0.3, -0.25) is 0 Å².